The molecule has 0 spiro atoms. The van der Waals surface area contributed by atoms with Crippen molar-refractivity contribution < 1.29 is 13.9 Å². The number of benzene rings is 2. The summed E-state index contributed by atoms with van der Waals surface area (Å²) in [7, 11) is 0. The smallest absolute Gasteiger partial charge is 0.315 e. The van der Waals surface area contributed by atoms with E-state index in [1.807, 2.05) is 30.3 Å². The first kappa shape index (κ1) is 19.7. The van der Waals surface area contributed by atoms with Gasteiger partial charge < -0.3 is 19.9 Å². The van der Waals surface area contributed by atoms with Crippen molar-refractivity contribution in [2.75, 3.05) is 6.61 Å². The maximum atomic E-state index is 13.2. The summed E-state index contributed by atoms with van der Waals surface area (Å²) in [4.78, 5) is 24.0. The van der Waals surface area contributed by atoms with Crippen LogP contribution in [-0.2, 0) is 19.5 Å². The van der Waals surface area contributed by atoms with E-state index in [9.17, 15) is 14.0 Å². The van der Waals surface area contributed by atoms with Crippen LogP contribution in [0.15, 0.2) is 71.7 Å². The van der Waals surface area contributed by atoms with Crippen molar-refractivity contribution in [2.45, 2.75) is 25.6 Å². The van der Waals surface area contributed by atoms with Crippen LogP contribution in [0, 0.1) is 5.82 Å². The third-order valence-electron chi connectivity index (χ3n) is 5.00. The van der Waals surface area contributed by atoms with Crippen LogP contribution < -0.4 is 20.9 Å². The minimum Gasteiger partial charge on any atom is -0.491 e. The lowest BCUT2D eigenvalue weighted by atomic mass is 10.0. The zero-order valence-corrected chi connectivity index (χ0v) is 16.3. The highest BCUT2D eigenvalue weighted by atomic mass is 19.1. The predicted octanol–water partition coefficient (Wildman–Crippen LogP) is 2.84. The number of carbonyl (C=O) groups is 1. The molecule has 1 aromatic heterocycles. The van der Waals surface area contributed by atoms with E-state index in [-0.39, 0.29) is 23.4 Å². The Morgan fingerprint density at radius 1 is 1.10 bits per heavy atom. The molecule has 2 N–H and O–H groups in total. The number of pyridine rings is 1. The molecule has 2 amide bonds. The number of halogens is 1. The van der Waals surface area contributed by atoms with E-state index in [4.69, 9.17) is 4.74 Å². The van der Waals surface area contributed by atoms with Crippen molar-refractivity contribution in [1.29, 1.82) is 0 Å². The number of hydrogen-bond acceptors (Lipinski definition) is 3. The molecule has 6 nitrogen and oxygen atoms in total. The standard InChI is InChI=1S/C23H22FN3O3/c24-19-9-8-18-11-20(15-30-21(18)12-19)26-23(29)25-13-16-4-6-17(7-5-16)14-27-10-2-1-3-22(27)28/h1-10,12,20H,11,13-15H2,(H2,25,26,29). The minimum absolute atomic E-state index is 0.0423. The number of amides is 2. The predicted molar refractivity (Wildman–Crippen MR) is 111 cm³/mol. The van der Waals surface area contributed by atoms with Crippen molar-refractivity contribution in [3.05, 3.63) is 99.7 Å². The second kappa shape index (κ2) is 8.82. The van der Waals surface area contributed by atoms with Gasteiger partial charge in [-0.3, -0.25) is 4.79 Å². The molecule has 30 heavy (non-hydrogen) atoms. The molecule has 1 aliphatic heterocycles. The Hall–Kier alpha value is -3.61. The van der Waals surface area contributed by atoms with E-state index in [2.05, 4.69) is 10.6 Å². The molecule has 3 aromatic rings. The Labute approximate surface area is 173 Å². The van der Waals surface area contributed by atoms with E-state index in [1.54, 1.807) is 22.9 Å². The molecular formula is C23H22FN3O3. The van der Waals surface area contributed by atoms with Gasteiger partial charge in [0.25, 0.3) is 5.56 Å². The van der Waals surface area contributed by atoms with Crippen LogP contribution >= 0.6 is 0 Å². The Bertz CT molecular complexity index is 1100. The van der Waals surface area contributed by atoms with Crippen molar-refractivity contribution in [2.24, 2.45) is 0 Å². The summed E-state index contributed by atoms with van der Waals surface area (Å²) in [5.74, 6) is 0.200. The SMILES string of the molecule is O=C(NCc1ccc(Cn2ccccc2=O)cc1)NC1COc2cc(F)ccc2C1. The molecule has 1 atom stereocenters. The maximum Gasteiger partial charge on any atom is 0.315 e. The van der Waals surface area contributed by atoms with Crippen molar-refractivity contribution in [3.63, 3.8) is 0 Å². The molecule has 1 aliphatic rings. The van der Waals surface area contributed by atoms with Crippen molar-refractivity contribution in [1.82, 2.24) is 15.2 Å². The van der Waals surface area contributed by atoms with E-state index in [0.717, 1.165) is 16.7 Å². The van der Waals surface area contributed by atoms with Gasteiger partial charge in [0.05, 0.1) is 12.6 Å². The fraction of sp³-hybridized carbons (Fsp3) is 0.217. The first-order valence-electron chi connectivity index (χ1n) is 9.76. The summed E-state index contributed by atoms with van der Waals surface area (Å²) >= 11 is 0. The Balaban J connectivity index is 1.26. The van der Waals surface area contributed by atoms with E-state index in [0.29, 0.717) is 31.9 Å². The van der Waals surface area contributed by atoms with Gasteiger partial charge in [0, 0.05) is 24.9 Å². The van der Waals surface area contributed by atoms with E-state index < -0.39 is 0 Å². The molecule has 0 bridgehead atoms. The quantitative estimate of drug-likeness (QED) is 0.683. The number of nitrogens with zero attached hydrogens (tertiary/aromatic N) is 1. The molecule has 0 radical (unpaired) electrons. The summed E-state index contributed by atoms with van der Waals surface area (Å²) in [5, 5.41) is 5.72. The van der Waals surface area contributed by atoms with Gasteiger partial charge in [-0.15, -0.1) is 0 Å². The number of rotatable bonds is 5. The van der Waals surface area contributed by atoms with Crippen molar-refractivity contribution in [3.8, 4) is 5.75 Å². The van der Waals surface area contributed by atoms with Crippen LogP contribution in [0.25, 0.3) is 0 Å². The number of nitrogens with one attached hydrogen (secondary N) is 2. The van der Waals surface area contributed by atoms with Gasteiger partial charge in [0.15, 0.2) is 0 Å². The molecule has 7 heteroatoms. The van der Waals surface area contributed by atoms with Crippen molar-refractivity contribution >= 4 is 6.03 Å². The van der Waals surface area contributed by atoms with Crippen LogP contribution in [0.4, 0.5) is 9.18 Å². The molecule has 0 saturated carbocycles. The fourth-order valence-electron chi connectivity index (χ4n) is 3.41. The highest BCUT2D eigenvalue weighted by molar-refractivity contribution is 5.74. The summed E-state index contributed by atoms with van der Waals surface area (Å²) in [6.07, 6.45) is 2.35. The van der Waals surface area contributed by atoms with Gasteiger partial charge in [0.2, 0.25) is 0 Å². The first-order chi connectivity index (χ1) is 14.6. The molecule has 4 rings (SSSR count). The second-order valence-corrected chi connectivity index (χ2v) is 7.27. The average Bonchev–Trinajstić information content (AvgIpc) is 2.75. The van der Waals surface area contributed by atoms with E-state index in [1.165, 1.54) is 18.2 Å². The van der Waals surface area contributed by atoms with Gasteiger partial charge in [0.1, 0.15) is 18.2 Å². The number of carbonyl (C=O) groups excluding carboxylic acids is 1. The highest BCUT2D eigenvalue weighted by Gasteiger charge is 2.21. The lowest BCUT2D eigenvalue weighted by molar-refractivity contribution is 0.214. The largest absolute Gasteiger partial charge is 0.491 e. The maximum absolute atomic E-state index is 13.2. The Morgan fingerprint density at radius 3 is 2.70 bits per heavy atom. The average molecular weight is 407 g/mol. The minimum atomic E-state index is -0.334. The third kappa shape index (κ3) is 4.86. The number of fused-ring (bicyclic) bond motifs is 1. The first-order valence-corrected chi connectivity index (χ1v) is 9.76. The number of ether oxygens (including phenoxy) is 1. The van der Waals surface area contributed by atoms with Crippen LogP contribution in [0.2, 0.25) is 0 Å². The molecule has 2 aromatic carbocycles. The zero-order valence-electron chi connectivity index (χ0n) is 16.3. The highest BCUT2D eigenvalue weighted by Crippen LogP contribution is 2.25. The van der Waals surface area contributed by atoms with E-state index >= 15 is 0 Å². The zero-order chi connectivity index (χ0) is 20.9. The summed E-state index contributed by atoms with van der Waals surface area (Å²) in [5.41, 5.74) is 2.79. The van der Waals surface area contributed by atoms with Crippen LogP contribution in [0.5, 0.6) is 5.75 Å². The number of urea groups is 1. The monoisotopic (exact) mass is 407 g/mol. The lowest BCUT2D eigenvalue weighted by Gasteiger charge is -2.26. The molecule has 0 saturated heterocycles. The molecule has 1 unspecified atom stereocenters. The van der Waals surface area contributed by atoms with Gasteiger partial charge in [-0.2, -0.15) is 0 Å². The van der Waals surface area contributed by atoms with Crippen LogP contribution in [0.1, 0.15) is 16.7 Å². The van der Waals surface area contributed by atoms with Gasteiger partial charge in [-0.05, 0) is 35.2 Å². The normalized spacial score (nSPS) is 15.0. The third-order valence-corrected chi connectivity index (χ3v) is 5.00. The molecule has 2 heterocycles. The topological polar surface area (TPSA) is 72.4 Å². The molecule has 0 fully saturated rings. The Kier molecular flexibility index (Phi) is 5.79. The molecule has 154 valence electrons. The number of aromatic nitrogens is 1. The van der Waals surface area contributed by atoms with Gasteiger partial charge in [-0.25, -0.2) is 9.18 Å². The second-order valence-electron chi connectivity index (χ2n) is 7.27. The molecular weight excluding hydrogens is 385 g/mol. The summed E-state index contributed by atoms with van der Waals surface area (Å²) < 4.78 is 20.4. The summed E-state index contributed by atoms with van der Waals surface area (Å²) in [6.45, 7) is 1.19. The lowest BCUT2D eigenvalue weighted by Crippen LogP contribution is -2.47. The Morgan fingerprint density at radius 2 is 1.90 bits per heavy atom. The number of hydrogen-bond donors (Lipinski definition) is 2. The molecule has 0 aliphatic carbocycles. The fourth-order valence-corrected chi connectivity index (χ4v) is 3.41. The van der Waals surface area contributed by atoms with Gasteiger partial charge in [-0.1, -0.05) is 36.4 Å². The summed E-state index contributed by atoms with van der Waals surface area (Å²) in [6, 6.07) is 16.8. The van der Waals surface area contributed by atoms with Gasteiger partial charge >= 0.3 is 6.03 Å². The van der Waals surface area contributed by atoms with Crippen LogP contribution in [-0.4, -0.2) is 23.2 Å². The van der Waals surface area contributed by atoms with Crippen LogP contribution in [0.3, 0.4) is 0 Å².